The van der Waals surface area contributed by atoms with Gasteiger partial charge in [0, 0.05) is 61.9 Å². The van der Waals surface area contributed by atoms with E-state index in [-0.39, 0.29) is 5.56 Å². The summed E-state index contributed by atoms with van der Waals surface area (Å²) in [4.78, 5) is 12.0. The minimum absolute atomic E-state index is 0.0853. The zero-order chi connectivity index (χ0) is 30.2. The summed E-state index contributed by atoms with van der Waals surface area (Å²) < 4.78 is 45.0. The molecule has 43 heavy (non-hydrogen) atoms. The predicted molar refractivity (Wildman–Crippen MR) is 165 cm³/mol. The highest BCUT2D eigenvalue weighted by Gasteiger charge is 2.25. The highest BCUT2D eigenvalue weighted by Crippen LogP contribution is 2.46. The average Bonchev–Trinajstić information content (AvgIpc) is 3.53. The fraction of sp³-hybridized carbons (Fsp3) is 0.0588. The number of nitriles is 1. The summed E-state index contributed by atoms with van der Waals surface area (Å²) in [6.07, 6.45) is -0.0800. The van der Waals surface area contributed by atoms with Crippen LogP contribution in [0.25, 0.3) is 44.4 Å². The highest BCUT2D eigenvalue weighted by atomic mass is 35.5. The zero-order valence-electron chi connectivity index (χ0n) is 22.6. The molecule has 9 heteroatoms. The number of nitrogens with zero attached hydrogens (tertiary/aromatic N) is 3. The van der Waals surface area contributed by atoms with Gasteiger partial charge in [0.25, 0.3) is 6.43 Å². The van der Waals surface area contributed by atoms with E-state index in [9.17, 15) is 23.2 Å². The van der Waals surface area contributed by atoms with Gasteiger partial charge in [-0.05, 0) is 66.0 Å². The topological polar surface area (TPSA) is 50.7 Å². The molecule has 0 aliphatic rings. The molecule has 212 valence electrons. The molecule has 0 radical (unpaired) electrons. The first-order valence-corrected chi connectivity index (χ1v) is 14.3. The quantitative estimate of drug-likeness (QED) is 0.169. The Kier molecular flexibility index (Phi) is 7.61. The first-order valence-electron chi connectivity index (χ1n) is 13.1. The molecular formula is C34H21ClF3N3OS. The van der Waals surface area contributed by atoms with E-state index < -0.39 is 12.2 Å². The van der Waals surface area contributed by atoms with Crippen LogP contribution in [0.2, 0.25) is 5.02 Å². The Morgan fingerprint density at radius 2 is 1.70 bits per heavy atom. The van der Waals surface area contributed by atoms with Gasteiger partial charge in [-0.2, -0.15) is 5.26 Å². The molecule has 0 saturated carbocycles. The lowest BCUT2D eigenvalue weighted by molar-refractivity contribution is 0.112. The molecule has 0 fully saturated rings. The SMILES string of the molecule is Cn1ccc(-c2c(-c3cccc(-c4ccc(C=O)cc4Cl)c3)n(Sc3ccc(C(F)F)cc3)c3ccc(F)cc23)c1C#N. The number of rotatable bonds is 7. The van der Waals surface area contributed by atoms with Crippen molar-refractivity contribution in [2.45, 2.75) is 11.3 Å². The summed E-state index contributed by atoms with van der Waals surface area (Å²) >= 11 is 7.87. The van der Waals surface area contributed by atoms with Gasteiger partial charge in [-0.3, -0.25) is 8.77 Å². The molecule has 2 heterocycles. The Morgan fingerprint density at radius 1 is 0.930 bits per heavy atom. The number of fused-ring (bicyclic) bond motifs is 1. The molecule has 0 unspecified atom stereocenters. The highest BCUT2D eigenvalue weighted by molar-refractivity contribution is 7.98. The minimum Gasteiger partial charge on any atom is -0.342 e. The number of hydrogen-bond donors (Lipinski definition) is 0. The van der Waals surface area contributed by atoms with Gasteiger partial charge in [0.1, 0.15) is 23.9 Å². The lowest BCUT2D eigenvalue weighted by Gasteiger charge is -2.14. The van der Waals surface area contributed by atoms with Gasteiger partial charge in [-0.15, -0.1) is 0 Å². The Bertz CT molecular complexity index is 2060. The third-order valence-electron chi connectivity index (χ3n) is 7.24. The van der Waals surface area contributed by atoms with E-state index in [2.05, 4.69) is 6.07 Å². The van der Waals surface area contributed by atoms with E-state index in [1.165, 1.54) is 36.2 Å². The first-order chi connectivity index (χ1) is 20.8. The molecule has 0 N–H and O–H groups in total. The molecule has 6 aromatic rings. The smallest absolute Gasteiger partial charge is 0.263 e. The zero-order valence-corrected chi connectivity index (χ0v) is 24.1. The van der Waals surface area contributed by atoms with Gasteiger partial charge in [0.05, 0.1) is 11.2 Å². The van der Waals surface area contributed by atoms with Crippen LogP contribution in [0.4, 0.5) is 13.2 Å². The number of aryl methyl sites for hydroxylation is 1. The van der Waals surface area contributed by atoms with Crippen LogP contribution < -0.4 is 0 Å². The largest absolute Gasteiger partial charge is 0.342 e. The number of carbonyl (C=O) groups excluding carboxylic acids is 1. The monoisotopic (exact) mass is 611 g/mol. The summed E-state index contributed by atoms with van der Waals surface area (Å²) in [5, 5.41) is 11.1. The van der Waals surface area contributed by atoms with Gasteiger partial charge in [-0.25, -0.2) is 13.2 Å². The number of benzene rings is 4. The van der Waals surface area contributed by atoms with E-state index in [4.69, 9.17) is 11.6 Å². The molecule has 2 aromatic heterocycles. The number of alkyl halides is 2. The third kappa shape index (κ3) is 5.22. The van der Waals surface area contributed by atoms with Gasteiger partial charge in [-0.1, -0.05) is 54.1 Å². The number of aromatic nitrogens is 2. The average molecular weight is 612 g/mol. The minimum atomic E-state index is -2.59. The Balaban J connectivity index is 1.64. The van der Waals surface area contributed by atoms with E-state index in [1.807, 2.05) is 34.3 Å². The van der Waals surface area contributed by atoms with Crippen molar-refractivity contribution in [1.29, 1.82) is 5.26 Å². The van der Waals surface area contributed by atoms with Crippen molar-refractivity contribution >= 4 is 40.7 Å². The van der Waals surface area contributed by atoms with Crippen LogP contribution in [0.1, 0.15) is 28.0 Å². The molecule has 6 rings (SSSR count). The van der Waals surface area contributed by atoms with Crippen LogP contribution in [-0.4, -0.2) is 14.8 Å². The standard InChI is InChI=1S/C34H21ClF3N3OS/c1-40-14-13-27(31(40)18-39)32-28-17-24(36)8-12-30(28)41(43-25-9-6-21(7-10-25)34(37)38)33(32)23-4-2-3-22(16-23)26-11-5-20(19-42)15-29(26)35/h2-17,19,34H,1H3. The van der Waals surface area contributed by atoms with Crippen molar-refractivity contribution in [3.05, 3.63) is 125 Å². The van der Waals surface area contributed by atoms with Crippen LogP contribution in [-0.2, 0) is 7.05 Å². The van der Waals surface area contributed by atoms with Gasteiger partial charge in [0.2, 0.25) is 0 Å². The molecule has 0 aliphatic carbocycles. The van der Waals surface area contributed by atoms with Gasteiger partial charge >= 0.3 is 0 Å². The Hall–Kier alpha value is -4.71. The second kappa shape index (κ2) is 11.5. The Morgan fingerprint density at radius 3 is 2.40 bits per heavy atom. The molecule has 4 nitrogen and oxygen atoms in total. The number of carbonyl (C=O) groups is 1. The lowest BCUT2D eigenvalue weighted by Crippen LogP contribution is -1.95. The number of aldehydes is 1. The van der Waals surface area contributed by atoms with Crippen molar-refractivity contribution < 1.29 is 18.0 Å². The molecule has 0 atom stereocenters. The van der Waals surface area contributed by atoms with Crippen molar-refractivity contribution in [3.63, 3.8) is 0 Å². The molecule has 0 spiro atoms. The van der Waals surface area contributed by atoms with Crippen LogP contribution in [0.15, 0.2) is 102 Å². The van der Waals surface area contributed by atoms with Gasteiger partial charge in [0.15, 0.2) is 0 Å². The van der Waals surface area contributed by atoms with Crippen LogP contribution >= 0.6 is 23.5 Å². The maximum absolute atomic E-state index is 14.8. The van der Waals surface area contributed by atoms with Crippen molar-refractivity contribution in [2.75, 3.05) is 0 Å². The fourth-order valence-electron chi connectivity index (χ4n) is 5.19. The van der Waals surface area contributed by atoms with Crippen LogP contribution in [0, 0.1) is 17.1 Å². The fourth-order valence-corrected chi connectivity index (χ4v) is 6.50. The van der Waals surface area contributed by atoms with E-state index in [0.29, 0.717) is 48.9 Å². The summed E-state index contributed by atoms with van der Waals surface area (Å²) in [5.41, 5.74) is 5.68. The lowest BCUT2D eigenvalue weighted by atomic mass is 9.96. The predicted octanol–water partition coefficient (Wildman–Crippen LogP) is 9.95. The first kappa shape index (κ1) is 28.4. The summed E-state index contributed by atoms with van der Waals surface area (Å²) in [6, 6.07) is 27.3. The number of hydrogen-bond acceptors (Lipinski definition) is 3. The summed E-state index contributed by atoms with van der Waals surface area (Å²) in [6.45, 7) is 0. The van der Waals surface area contributed by atoms with Crippen molar-refractivity contribution in [1.82, 2.24) is 8.54 Å². The second-order valence-corrected chi connectivity index (χ2v) is 11.3. The molecule has 4 aromatic carbocycles. The van der Waals surface area contributed by atoms with E-state index in [1.54, 1.807) is 54.2 Å². The van der Waals surface area contributed by atoms with E-state index >= 15 is 0 Å². The van der Waals surface area contributed by atoms with Crippen molar-refractivity contribution in [2.24, 2.45) is 7.05 Å². The molecule has 0 bridgehead atoms. The third-order valence-corrected chi connectivity index (χ3v) is 8.60. The molecule has 0 aliphatic heterocycles. The van der Waals surface area contributed by atoms with E-state index in [0.717, 1.165) is 23.0 Å². The summed E-state index contributed by atoms with van der Waals surface area (Å²) in [5.74, 6) is -0.436. The molecular weight excluding hydrogens is 591 g/mol. The van der Waals surface area contributed by atoms with Crippen LogP contribution in [0.5, 0.6) is 0 Å². The molecule has 0 amide bonds. The summed E-state index contributed by atoms with van der Waals surface area (Å²) in [7, 11) is 1.77. The maximum atomic E-state index is 14.8. The number of halogens is 4. The molecule has 0 saturated heterocycles. The van der Waals surface area contributed by atoms with Crippen molar-refractivity contribution in [3.8, 4) is 39.6 Å². The maximum Gasteiger partial charge on any atom is 0.263 e. The Labute approximate surface area is 254 Å². The normalized spacial score (nSPS) is 11.3. The second-order valence-electron chi connectivity index (χ2n) is 9.88. The van der Waals surface area contributed by atoms with Crippen LogP contribution in [0.3, 0.4) is 0 Å². The van der Waals surface area contributed by atoms with Gasteiger partial charge < -0.3 is 4.57 Å².